The van der Waals surface area contributed by atoms with Crippen molar-refractivity contribution in [3.8, 4) is 17.6 Å². The number of methoxy groups -OCH3 is 1. The predicted octanol–water partition coefficient (Wildman–Crippen LogP) is 5.35. The Morgan fingerprint density at radius 3 is 2.80 bits per heavy atom. The van der Waals surface area contributed by atoms with E-state index in [9.17, 15) is 0 Å². The second kappa shape index (κ2) is 15.0. The van der Waals surface area contributed by atoms with E-state index in [4.69, 9.17) is 36.8 Å². The average Bonchev–Trinajstić information content (AvgIpc) is 3.28. The molecule has 2 N–H and O–H groups in total. The van der Waals surface area contributed by atoms with Crippen LogP contribution in [0.15, 0.2) is 41.2 Å². The van der Waals surface area contributed by atoms with E-state index in [2.05, 4.69) is 44.6 Å². The first kappa shape index (κ1) is 32.1. The first-order valence-electron chi connectivity index (χ1n) is 14.5. The summed E-state index contributed by atoms with van der Waals surface area (Å²) >= 11 is 6.97. The largest absolute Gasteiger partial charge is 0.496 e. The van der Waals surface area contributed by atoms with Gasteiger partial charge in [-0.3, -0.25) is 4.98 Å². The van der Waals surface area contributed by atoms with Crippen LogP contribution in [0.3, 0.4) is 0 Å². The number of halogens is 1. The number of hydrogen-bond donors (Lipinski definition) is 1. The maximum atomic E-state index is 6.97. The molecule has 0 saturated carbocycles. The normalized spacial score (nSPS) is 15.9. The molecule has 0 aliphatic carbocycles. The van der Waals surface area contributed by atoms with Gasteiger partial charge in [0, 0.05) is 53.8 Å². The van der Waals surface area contributed by atoms with Gasteiger partial charge < -0.3 is 24.7 Å². The molecule has 3 heterocycles. The van der Waals surface area contributed by atoms with Crippen molar-refractivity contribution in [2.75, 3.05) is 27.3 Å². The number of aryl methyl sites for hydroxylation is 1. The standard InChI is InChI=1S/C33H46ClN5O2/c1-9-22(3)16-17-38(7)29(10-2)41-18-12-11-13-26-20-39(21-27-25(6)32(40-8)24(5)19-36-27)33-30(26)31(34)23(4)14-15-28(35)37-33/h10,15,19-20,22-23H,9,12,14,16-18,21,35H2,1-8H3. The number of nitrogens with two attached hydrogens (primary N) is 1. The molecule has 0 aromatic carbocycles. The molecule has 2 aromatic heterocycles. The molecule has 41 heavy (non-hydrogen) atoms. The molecule has 0 bridgehead atoms. The lowest BCUT2D eigenvalue weighted by Gasteiger charge is -2.23. The Morgan fingerprint density at radius 1 is 1.37 bits per heavy atom. The molecular formula is C33H46ClN5O2. The summed E-state index contributed by atoms with van der Waals surface area (Å²) in [7, 11) is 3.76. The summed E-state index contributed by atoms with van der Waals surface area (Å²) < 4.78 is 13.7. The second-order valence-corrected chi connectivity index (χ2v) is 11.3. The third kappa shape index (κ3) is 8.10. The molecule has 0 saturated heterocycles. The molecule has 2 unspecified atom stereocenters. The number of aromatic nitrogens is 2. The smallest absolute Gasteiger partial charge is 0.184 e. The number of rotatable bonds is 11. The molecular weight excluding hydrogens is 534 g/mol. The number of hydrogen-bond acceptors (Lipinski definition) is 6. The fourth-order valence-electron chi connectivity index (χ4n) is 4.83. The van der Waals surface area contributed by atoms with E-state index in [0.717, 1.165) is 57.2 Å². The van der Waals surface area contributed by atoms with Gasteiger partial charge in [0.1, 0.15) is 23.7 Å². The van der Waals surface area contributed by atoms with Crippen molar-refractivity contribution in [3.63, 3.8) is 0 Å². The summed E-state index contributed by atoms with van der Waals surface area (Å²) in [6, 6.07) is 0. The minimum Gasteiger partial charge on any atom is -0.496 e. The third-order valence-corrected chi connectivity index (χ3v) is 8.25. The maximum absolute atomic E-state index is 6.97. The molecule has 2 atom stereocenters. The first-order chi connectivity index (χ1) is 19.6. The highest BCUT2D eigenvalue weighted by Crippen LogP contribution is 2.25. The Labute approximate surface area is 250 Å². The molecule has 0 radical (unpaired) electrons. The van der Waals surface area contributed by atoms with Gasteiger partial charge in [0.2, 0.25) is 0 Å². The SMILES string of the molecule is CC=C(OCCC#Cc1cn(Cc2ncc(C)c(OC)c2C)c2c1=C(Cl)C(C)CC=C(N)N=2)N(C)CCC(C)CC. The van der Waals surface area contributed by atoms with Crippen LogP contribution in [0.5, 0.6) is 5.75 Å². The Kier molecular flexibility index (Phi) is 11.8. The first-order valence-corrected chi connectivity index (χ1v) is 14.9. The summed E-state index contributed by atoms with van der Waals surface area (Å²) in [6.45, 7) is 14.6. The highest BCUT2D eigenvalue weighted by atomic mass is 35.5. The summed E-state index contributed by atoms with van der Waals surface area (Å²) in [5.41, 5.74) is 10.7. The molecule has 2 aromatic rings. The zero-order valence-electron chi connectivity index (χ0n) is 26.0. The molecule has 7 nitrogen and oxygen atoms in total. The number of pyridine rings is 1. The van der Waals surface area contributed by atoms with E-state index in [1.807, 2.05) is 49.9 Å². The van der Waals surface area contributed by atoms with Gasteiger partial charge in [-0.15, -0.1) is 0 Å². The van der Waals surface area contributed by atoms with E-state index in [0.29, 0.717) is 43.2 Å². The zero-order chi connectivity index (χ0) is 30.1. The molecule has 0 spiro atoms. The quantitative estimate of drug-likeness (QED) is 0.221. The molecule has 0 fully saturated rings. The van der Waals surface area contributed by atoms with Crippen LogP contribution in [0, 0.1) is 37.5 Å². The number of fused-ring (bicyclic) bond motifs is 1. The maximum Gasteiger partial charge on any atom is 0.184 e. The highest BCUT2D eigenvalue weighted by Gasteiger charge is 2.18. The average molecular weight is 580 g/mol. The summed E-state index contributed by atoms with van der Waals surface area (Å²) in [6.07, 6.45) is 11.4. The van der Waals surface area contributed by atoms with E-state index in [1.54, 1.807) is 7.11 Å². The molecule has 8 heteroatoms. The van der Waals surface area contributed by atoms with Crippen LogP contribution >= 0.6 is 11.6 Å². The van der Waals surface area contributed by atoms with Crippen LogP contribution in [0.2, 0.25) is 0 Å². The lowest BCUT2D eigenvalue weighted by Crippen LogP contribution is -2.34. The van der Waals surface area contributed by atoms with Crippen LogP contribution in [0.25, 0.3) is 5.03 Å². The fourth-order valence-corrected chi connectivity index (χ4v) is 5.11. The van der Waals surface area contributed by atoms with Crippen molar-refractivity contribution in [1.82, 2.24) is 14.5 Å². The van der Waals surface area contributed by atoms with Gasteiger partial charge in [0.25, 0.3) is 0 Å². The Morgan fingerprint density at radius 2 is 2.12 bits per heavy atom. The highest BCUT2D eigenvalue weighted by molar-refractivity contribution is 6.45. The Hall–Kier alpha value is -3.37. The van der Waals surface area contributed by atoms with Gasteiger partial charge >= 0.3 is 0 Å². The predicted molar refractivity (Wildman–Crippen MR) is 168 cm³/mol. The third-order valence-electron chi connectivity index (χ3n) is 7.68. The number of ether oxygens (including phenoxy) is 2. The molecule has 222 valence electrons. The van der Waals surface area contributed by atoms with Crippen LogP contribution in [-0.2, 0) is 11.3 Å². The Balaban J connectivity index is 1.90. The van der Waals surface area contributed by atoms with Gasteiger partial charge in [-0.2, -0.15) is 0 Å². The van der Waals surface area contributed by atoms with Crippen LogP contribution < -0.4 is 21.2 Å². The zero-order valence-corrected chi connectivity index (χ0v) is 26.7. The molecule has 0 amide bonds. The van der Waals surface area contributed by atoms with E-state index < -0.39 is 0 Å². The van der Waals surface area contributed by atoms with E-state index in [-0.39, 0.29) is 5.92 Å². The lowest BCUT2D eigenvalue weighted by atomic mass is 10.0. The van der Waals surface area contributed by atoms with Crippen LogP contribution in [0.1, 0.15) is 75.8 Å². The minimum atomic E-state index is 0.0896. The monoisotopic (exact) mass is 579 g/mol. The fraction of sp³-hybridized carbons (Fsp3) is 0.515. The molecule has 3 rings (SSSR count). The van der Waals surface area contributed by atoms with E-state index in [1.165, 1.54) is 6.42 Å². The van der Waals surface area contributed by atoms with Gasteiger partial charge in [-0.1, -0.05) is 50.6 Å². The summed E-state index contributed by atoms with van der Waals surface area (Å²) in [5, 5.41) is 1.57. The minimum absolute atomic E-state index is 0.0896. The molecule has 1 aliphatic rings. The van der Waals surface area contributed by atoms with Crippen molar-refractivity contribution in [3.05, 3.63) is 69.3 Å². The molecule has 1 aliphatic heterocycles. The van der Waals surface area contributed by atoms with E-state index >= 15 is 0 Å². The lowest BCUT2D eigenvalue weighted by molar-refractivity contribution is 0.127. The van der Waals surface area contributed by atoms with Crippen LogP contribution in [-0.4, -0.2) is 41.8 Å². The number of allylic oxidation sites excluding steroid dienone is 2. The van der Waals surface area contributed by atoms with Gasteiger partial charge in [-0.25, -0.2) is 4.99 Å². The van der Waals surface area contributed by atoms with Crippen LogP contribution in [0.4, 0.5) is 0 Å². The van der Waals surface area contributed by atoms with Crippen molar-refractivity contribution < 1.29 is 9.47 Å². The van der Waals surface area contributed by atoms with Gasteiger partial charge in [-0.05, 0) is 57.6 Å². The summed E-state index contributed by atoms with van der Waals surface area (Å²) in [4.78, 5) is 11.6. The summed E-state index contributed by atoms with van der Waals surface area (Å²) in [5.74, 6) is 9.63. The van der Waals surface area contributed by atoms with Crippen molar-refractivity contribution in [2.24, 2.45) is 22.6 Å². The van der Waals surface area contributed by atoms with Crippen molar-refractivity contribution >= 4 is 16.6 Å². The van der Waals surface area contributed by atoms with Gasteiger partial charge in [0.15, 0.2) is 5.88 Å². The Bertz CT molecular complexity index is 1460. The van der Waals surface area contributed by atoms with Crippen molar-refractivity contribution in [1.29, 1.82) is 0 Å². The topological polar surface area (TPSA) is 77.9 Å². The number of nitrogens with zero attached hydrogens (tertiary/aromatic N) is 4. The van der Waals surface area contributed by atoms with Gasteiger partial charge in [0.05, 0.1) is 24.9 Å². The van der Waals surface area contributed by atoms with Crippen molar-refractivity contribution in [2.45, 2.75) is 73.8 Å². The second-order valence-electron chi connectivity index (χ2n) is 10.9.